The third-order valence-corrected chi connectivity index (χ3v) is 5.35. The Labute approximate surface area is 180 Å². The van der Waals surface area contributed by atoms with Crippen LogP contribution in [0.1, 0.15) is 29.4 Å². The standard InChI is InChI=1S/C23H19FN4O4/c24-15-7-5-14(6-8-15)21-26-27(23(31)28(21)16-9-10-16)12-11-25-22(30)20-13-18(29)17-3-1-2-4-19(17)32-20/h1-8,13,16H,9-12H2,(H,25,30). The fraction of sp³-hybridized carbons (Fsp3) is 0.217. The summed E-state index contributed by atoms with van der Waals surface area (Å²) >= 11 is 0. The molecule has 9 heteroatoms. The van der Waals surface area contributed by atoms with Crippen LogP contribution in [0.3, 0.4) is 0 Å². The first-order valence-corrected chi connectivity index (χ1v) is 10.3. The van der Waals surface area contributed by atoms with Crippen LogP contribution in [-0.4, -0.2) is 26.8 Å². The predicted molar refractivity (Wildman–Crippen MR) is 115 cm³/mol. The molecule has 1 N–H and O–H groups in total. The van der Waals surface area contributed by atoms with Gasteiger partial charge in [0.15, 0.2) is 17.0 Å². The molecule has 0 atom stereocenters. The number of rotatable bonds is 6. The predicted octanol–water partition coefficient (Wildman–Crippen LogP) is 2.72. The maximum atomic E-state index is 13.3. The summed E-state index contributed by atoms with van der Waals surface area (Å²) in [5.41, 5.74) is 0.392. The SMILES string of the molecule is O=C(NCCn1nc(-c2ccc(F)cc2)n(C2CC2)c1=O)c1cc(=O)c2ccccc2o1. The Balaban J connectivity index is 1.34. The zero-order chi connectivity index (χ0) is 22.2. The van der Waals surface area contributed by atoms with E-state index in [0.29, 0.717) is 22.4 Å². The molecule has 4 aromatic rings. The van der Waals surface area contributed by atoms with Gasteiger partial charge in [-0.05, 0) is 49.2 Å². The summed E-state index contributed by atoms with van der Waals surface area (Å²) in [7, 11) is 0. The molecule has 2 aromatic carbocycles. The molecule has 1 aliphatic rings. The van der Waals surface area contributed by atoms with Gasteiger partial charge in [-0.3, -0.25) is 14.2 Å². The average molecular weight is 434 g/mol. The summed E-state index contributed by atoms with van der Waals surface area (Å²) in [6, 6.07) is 13.7. The third kappa shape index (κ3) is 3.73. The van der Waals surface area contributed by atoms with E-state index >= 15 is 0 Å². The number of para-hydroxylation sites is 1. The summed E-state index contributed by atoms with van der Waals surface area (Å²) in [4.78, 5) is 37.5. The molecule has 2 aromatic heterocycles. The molecule has 0 saturated heterocycles. The Morgan fingerprint density at radius 3 is 2.62 bits per heavy atom. The van der Waals surface area contributed by atoms with Gasteiger partial charge in [-0.2, -0.15) is 0 Å². The molecular weight excluding hydrogens is 415 g/mol. The highest BCUT2D eigenvalue weighted by Crippen LogP contribution is 2.36. The van der Waals surface area contributed by atoms with Crippen LogP contribution in [0.5, 0.6) is 0 Å². The molecule has 0 bridgehead atoms. The molecule has 1 saturated carbocycles. The lowest BCUT2D eigenvalue weighted by Gasteiger charge is -2.05. The molecule has 1 fully saturated rings. The minimum Gasteiger partial charge on any atom is -0.451 e. The number of hydrogen-bond acceptors (Lipinski definition) is 5. The molecule has 2 heterocycles. The largest absolute Gasteiger partial charge is 0.451 e. The lowest BCUT2D eigenvalue weighted by Crippen LogP contribution is -2.32. The summed E-state index contributed by atoms with van der Waals surface area (Å²) in [5, 5.41) is 7.47. The van der Waals surface area contributed by atoms with E-state index in [1.165, 1.54) is 16.8 Å². The summed E-state index contributed by atoms with van der Waals surface area (Å²) < 4.78 is 21.7. The summed E-state index contributed by atoms with van der Waals surface area (Å²) in [6.07, 6.45) is 1.77. The monoisotopic (exact) mass is 434 g/mol. The molecule has 162 valence electrons. The lowest BCUT2D eigenvalue weighted by molar-refractivity contribution is 0.0924. The van der Waals surface area contributed by atoms with Crippen molar-refractivity contribution in [2.75, 3.05) is 6.54 Å². The van der Waals surface area contributed by atoms with Crippen LogP contribution in [0.15, 0.2) is 68.6 Å². The van der Waals surface area contributed by atoms with Crippen molar-refractivity contribution in [3.8, 4) is 11.4 Å². The van der Waals surface area contributed by atoms with Crippen LogP contribution >= 0.6 is 0 Å². The molecule has 5 rings (SSSR count). The smallest absolute Gasteiger partial charge is 0.346 e. The number of hydrogen-bond donors (Lipinski definition) is 1. The molecule has 0 aliphatic heterocycles. The van der Waals surface area contributed by atoms with E-state index in [1.807, 2.05) is 0 Å². The Morgan fingerprint density at radius 2 is 1.88 bits per heavy atom. The third-order valence-electron chi connectivity index (χ3n) is 5.35. The molecule has 8 nitrogen and oxygen atoms in total. The normalized spacial score (nSPS) is 13.4. The van der Waals surface area contributed by atoms with E-state index in [4.69, 9.17) is 4.42 Å². The second kappa shape index (κ2) is 7.92. The number of nitrogens with one attached hydrogen (secondary N) is 1. The van der Waals surface area contributed by atoms with Crippen LogP contribution < -0.4 is 16.4 Å². The van der Waals surface area contributed by atoms with E-state index in [0.717, 1.165) is 18.9 Å². The number of carbonyl (C=O) groups excluding carboxylic acids is 1. The maximum Gasteiger partial charge on any atom is 0.346 e. The Bertz CT molecular complexity index is 1430. The topological polar surface area (TPSA) is 99.1 Å². The van der Waals surface area contributed by atoms with Crippen LogP contribution in [0.4, 0.5) is 4.39 Å². The second-order valence-corrected chi connectivity index (χ2v) is 7.66. The van der Waals surface area contributed by atoms with Gasteiger partial charge in [-0.25, -0.2) is 13.9 Å². The summed E-state index contributed by atoms with van der Waals surface area (Å²) in [5.74, 6) is -0.543. The maximum absolute atomic E-state index is 13.3. The lowest BCUT2D eigenvalue weighted by atomic mass is 10.2. The van der Waals surface area contributed by atoms with E-state index in [2.05, 4.69) is 10.4 Å². The van der Waals surface area contributed by atoms with Gasteiger partial charge < -0.3 is 9.73 Å². The van der Waals surface area contributed by atoms with Crippen LogP contribution in [0.25, 0.3) is 22.4 Å². The number of aromatic nitrogens is 3. The summed E-state index contributed by atoms with van der Waals surface area (Å²) in [6.45, 7) is 0.246. The van der Waals surface area contributed by atoms with Crippen molar-refractivity contribution in [3.05, 3.63) is 86.9 Å². The fourth-order valence-electron chi connectivity index (χ4n) is 3.60. The van der Waals surface area contributed by atoms with Crippen molar-refractivity contribution < 1.29 is 13.6 Å². The minimum atomic E-state index is -0.554. The van der Waals surface area contributed by atoms with Crippen molar-refractivity contribution >= 4 is 16.9 Å². The van der Waals surface area contributed by atoms with Crippen molar-refractivity contribution in [2.45, 2.75) is 25.4 Å². The van der Waals surface area contributed by atoms with Gasteiger partial charge in [0.05, 0.1) is 11.9 Å². The number of fused-ring (bicyclic) bond motifs is 1. The van der Waals surface area contributed by atoms with Gasteiger partial charge in [0.2, 0.25) is 0 Å². The van der Waals surface area contributed by atoms with Crippen molar-refractivity contribution in [1.29, 1.82) is 0 Å². The van der Waals surface area contributed by atoms with Gasteiger partial charge in [-0.15, -0.1) is 5.10 Å². The quantitative estimate of drug-likeness (QED) is 0.503. The molecule has 32 heavy (non-hydrogen) atoms. The highest BCUT2D eigenvalue weighted by atomic mass is 19.1. The van der Waals surface area contributed by atoms with Gasteiger partial charge in [-0.1, -0.05) is 12.1 Å². The molecular formula is C23H19FN4O4. The zero-order valence-electron chi connectivity index (χ0n) is 17.0. The highest BCUT2D eigenvalue weighted by molar-refractivity contribution is 5.93. The van der Waals surface area contributed by atoms with Crippen molar-refractivity contribution in [3.63, 3.8) is 0 Å². The van der Waals surface area contributed by atoms with E-state index in [-0.39, 0.29) is 41.8 Å². The van der Waals surface area contributed by atoms with Gasteiger partial charge >= 0.3 is 5.69 Å². The van der Waals surface area contributed by atoms with Crippen molar-refractivity contribution in [1.82, 2.24) is 19.7 Å². The zero-order valence-corrected chi connectivity index (χ0v) is 17.0. The fourth-order valence-corrected chi connectivity index (χ4v) is 3.60. The van der Waals surface area contributed by atoms with Gasteiger partial charge in [0.25, 0.3) is 5.91 Å². The van der Waals surface area contributed by atoms with E-state index in [1.54, 1.807) is 41.0 Å². The minimum absolute atomic E-state index is 0.0813. The van der Waals surface area contributed by atoms with Crippen molar-refractivity contribution in [2.24, 2.45) is 0 Å². The molecule has 0 radical (unpaired) electrons. The molecule has 0 unspecified atom stereocenters. The number of halogens is 1. The van der Waals surface area contributed by atoms with E-state index in [9.17, 15) is 18.8 Å². The molecule has 0 spiro atoms. The number of amides is 1. The van der Waals surface area contributed by atoms with Crippen LogP contribution in [-0.2, 0) is 6.54 Å². The average Bonchev–Trinajstić information content (AvgIpc) is 3.58. The Morgan fingerprint density at radius 1 is 1.12 bits per heavy atom. The molecule has 1 aliphatic carbocycles. The van der Waals surface area contributed by atoms with Crippen LogP contribution in [0.2, 0.25) is 0 Å². The number of benzene rings is 2. The van der Waals surface area contributed by atoms with E-state index < -0.39 is 5.91 Å². The number of nitrogens with zero attached hydrogens (tertiary/aromatic N) is 3. The van der Waals surface area contributed by atoms with Gasteiger partial charge in [0.1, 0.15) is 11.4 Å². The Kier molecular flexibility index (Phi) is 4.93. The number of carbonyl (C=O) groups is 1. The first-order chi connectivity index (χ1) is 15.5. The Hall–Kier alpha value is -4.01. The first kappa shape index (κ1) is 19.9. The van der Waals surface area contributed by atoms with Gasteiger partial charge in [0, 0.05) is 24.2 Å². The molecule has 1 amide bonds. The van der Waals surface area contributed by atoms with Crippen LogP contribution in [0, 0.1) is 5.82 Å². The first-order valence-electron chi connectivity index (χ1n) is 10.3. The highest BCUT2D eigenvalue weighted by Gasteiger charge is 2.30. The second-order valence-electron chi connectivity index (χ2n) is 7.66.